The van der Waals surface area contributed by atoms with Crippen LogP contribution in [-0.4, -0.2) is 38.0 Å². The average Bonchev–Trinajstić information content (AvgIpc) is 3.22. The van der Waals surface area contributed by atoms with Crippen LogP contribution < -0.4 is 5.32 Å². The molecule has 2 N–H and O–H groups in total. The van der Waals surface area contributed by atoms with Crippen molar-refractivity contribution in [3.8, 4) is 0 Å². The van der Waals surface area contributed by atoms with Crippen LogP contribution in [0.2, 0.25) is 0 Å². The Labute approximate surface area is 156 Å². The van der Waals surface area contributed by atoms with Gasteiger partial charge < -0.3 is 10.3 Å². The van der Waals surface area contributed by atoms with E-state index in [4.69, 9.17) is 0 Å². The van der Waals surface area contributed by atoms with Gasteiger partial charge in [0.1, 0.15) is 0 Å². The normalized spacial score (nSPS) is 14.0. The molecule has 0 spiro atoms. The minimum absolute atomic E-state index is 0.0366. The van der Waals surface area contributed by atoms with Gasteiger partial charge in [0, 0.05) is 30.9 Å². The summed E-state index contributed by atoms with van der Waals surface area (Å²) in [7, 11) is 0. The number of benzene rings is 1. The summed E-state index contributed by atoms with van der Waals surface area (Å²) >= 11 is 1.43. The number of nitrogens with zero attached hydrogens (tertiary/aromatic N) is 3. The Kier molecular flexibility index (Phi) is 4.97. The maximum atomic E-state index is 12.0. The highest BCUT2D eigenvalue weighted by molar-refractivity contribution is 7.99. The molecule has 0 saturated heterocycles. The number of H-pyrrole nitrogens is 1. The summed E-state index contributed by atoms with van der Waals surface area (Å²) in [5, 5.41) is 8.15. The number of aromatic amines is 1. The van der Waals surface area contributed by atoms with Crippen molar-refractivity contribution >= 4 is 28.7 Å². The van der Waals surface area contributed by atoms with Gasteiger partial charge in [0.15, 0.2) is 5.16 Å². The van der Waals surface area contributed by atoms with Crippen molar-refractivity contribution < 1.29 is 4.79 Å². The average molecular weight is 369 g/mol. The minimum atomic E-state index is 0.0366. The van der Waals surface area contributed by atoms with Crippen molar-refractivity contribution in [1.82, 2.24) is 25.1 Å². The van der Waals surface area contributed by atoms with Crippen molar-refractivity contribution in [1.29, 1.82) is 0 Å². The predicted molar refractivity (Wildman–Crippen MR) is 103 cm³/mol. The lowest BCUT2D eigenvalue weighted by Gasteiger charge is -2.07. The van der Waals surface area contributed by atoms with Gasteiger partial charge in [-0.05, 0) is 49.9 Å². The molecule has 1 amide bonds. The molecule has 2 heterocycles. The van der Waals surface area contributed by atoms with E-state index >= 15 is 0 Å². The van der Waals surface area contributed by atoms with E-state index in [1.54, 1.807) is 0 Å². The zero-order valence-electron chi connectivity index (χ0n) is 14.9. The number of rotatable bonds is 8. The lowest BCUT2D eigenvalue weighted by Crippen LogP contribution is -2.27. The minimum Gasteiger partial charge on any atom is -0.355 e. The summed E-state index contributed by atoms with van der Waals surface area (Å²) < 4.78 is 2.08. The summed E-state index contributed by atoms with van der Waals surface area (Å²) in [6.07, 6.45) is 5.32. The van der Waals surface area contributed by atoms with E-state index in [0.29, 0.717) is 18.2 Å². The maximum absolute atomic E-state index is 12.0. The van der Waals surface area contributed by atoms with Gasteiger partial charge in [-0.2, -0.15) is 5.10 Å². The van der Waals surface area contributed by atoms with Crippen LogP contribution in [0.3, 0.4) is 0 Å². The second kappa shape index (κ2) is 7.53. The summed E-state index contributed by atoms with van der Waals surface area (Å²) in [6, 6.07) is 8.22. The fourth-order valence-electron chi connectivity index (χ4n) is 3.07. The third-order valence-corrected chi connectivity index (χ3v) is 5.44. The first kappa shape index (κ1) is 17.1. The van der Waals surface area contributed by atoms with E-state index in [0.717, 1.165) is 29.2 Å². The van der Waals surface area contributed by atoms with Crippen LogP contribution in [-0.2, 0) is 11.3 Å². The quantitative estimate of drug-likeness (QED) is 0.472. The molecule has 0 aliphatic heterocycles. The van der Waals surface area contributed by atoms with E-state index in [-0.39, 0.29) is 5.91 Å². The summed E-state index contributed by atoms with van der Waals surface area (Å²) in [5.74, 6) is 1.11. The molecule has 1 saturated carbocycles. The monoisotopic (exact) mass is 369 g/mol. The van der Waals surface area contributed by atoms with Crippen molar-refractivity contribution in [2.45, 2.75) is 43.8 Å². The Bertz CT molecular complexity index is 912. The van der Waals surface area contributed by atoms with Crippen LogP contribution in [0.25, 0.3) is 11.0 Å². The van der Waals surface area contributed by atoms with E-state index in [9.17, 15) is 4.79 Å². The summed E-state index contributed by atoms with van der Waals surface area (Å²) in [5.41, 5.74) is 4.48. The first-order chi connectivity index (χ1) is 12.7. The number of carbonyl (C=O) groups excluding carboxylic acids is 1. The number of hydrogen-bond donors (Lipinski definition) is 2. The van der Waals surface area contributed by atoms with E-state index < -0.39 is 0 Å². The molecule has 1 aliphatic carbocycles. The van der Waals surface area contributed by atoms with Gasteiger partial charge in [0.25, 0.3) is 0 Å². The SMILES string of the molecule is Cc1ccc2nc(SCC(=O)NCCCn3nccc3C3CC3)[nH]c2c1. The van der Waals surface area contributed by atoms with Crippen LogP contribution in [0.5, 0.6) is 0 Å². The topological polar surface area (TPSA) is 75.6 Å². The fourth-order valence-corrected chi connectivity index (χ4v) is 3.78. The molecule has 2 aromatic heterocycles. The Morgan fingerprint density at radius 3 is 3.12 bits per heavy atom. The van der Waals surface area contributed by atoms with Crippen LogP contribution in [0.15, 0.2) is 35.6 Å². The van der Waals surface area contributed by atoms with Crippen LogP contribution in [0.1, 0.15) is 36.4 Å². The molecule has 7 heteroatoms. The molecule has 1 fully saturated rings. The molecule has 0 unspecified atom stereocenters. The van der Waals surface area contributed by atoms with Gasteiger partial charge in [0.2, 0.25) is 5.91 Å². The Morgan fingerprint density at radius 1 is 1.38 bits per heavy atom. The summed E-state index contributed by atoms with van der Waals surface area (Å²) in [4.78, 5) is 19.8. The predicted octanol–water partition coefficient (Wildman–Crippen LogP) is 3.24. The first-order valence-corrected chi connectivity index (χ1v) is 10.1. The highest BCUT2D eigenvalue weighted by atomic mass is 32.2. The Balaban J connectivity index is 1.19. The zero-order chi connectivity index (χ0) is 17.9. The second-order valence-electron chi connectivity index (χ2n) is 6.81. The molecule has 3 aromatic rings. The standard InChI is InChI=1S/C19H23N5OS/c1-13-3-6-15-16(11-13)23-19(22-15)26-12-18(25)20-8-2-10-24-17(7-9-21-24)14-4-5-14/h3,6-7,9,11,14H,2,4-5,8,10,12H2,1H3,(H,20,25)(H,22,23). The Hall–Kier alpha value is -2.28. The van der Waals surface area contributed by atoms with Gasteiger partial charge in [0.05, 0.1) is 16.8 Å². The number of aryl methyl sites for hydroxylation is 2. The largest absolute Gasteiger partial charge is 0.355 e. The lowest BCUT2D eigenvalue weighted by atomic mass is 10.2. The van der Waals surface area contributed by atoms with Gasteiger partial charge >= 0.3 is 0 Å². The van der Waals surface area contributed by atoms with Crippen molar-refractivity contribution in [3.05, 3.63) is 41.7 Å². The molecule has 0 bridgehead atoms. The van der Waals surface area contributed by atoms with Crippen LogP contribution >= 0.6 is 11.8 Å². The molecule has 136 valence electrons. The highest BCUT2D eigenvalue weighted by Gasteiger charge is 2.26. The number of imidazole rings is 1. The van der Waals surface area contributed by atoms with Gasteiger partial charge in [-0.1, -0.05) is 17.8 Å². The summed E-state index contributed by atoms with van der Waals surface area (Å²) in [6.45, 7) is 3.58. The molecule has 4 rings (SSSR count). The van der Waals surface area contributed by atoms with Crippen molar-refractivity contribution in [3.63, 3.8) is 0 Å². The number of aromatic nitrogens is 4. The number of carbonyl (C=O) groups is 1. The van der Waals surface area contributed by atoms with E-state index in [1.807, 2.05) is 18.3 Å². The number of thioether (sulfide) groups is 1. The maximum Gasteiger partial charge on any atom is 0.230 e. The number of hydrogen-bond acceptors (Lipinski definition) is 4. The molecule has 1 aliphatic rings. The zero-order valence-corrected chi connectivity index (χ0v) is 15.7. The number of amides is 1. The lowest BCUT2D eigenvalue weighted by molar-refractivity contribution is -0.118. The molecule has 1 aromatic carbocycles. The van der Waals surface area contributed by atoms with Crippen LogP contribution in [0.4, 0.5) is 0 Å². The smallest absolute Gasteiger partial charge is 0.230 e. The highest BCUT2D eigenvalue weighted by Crippen LogP contribution is 2.39. The van der Waals surface area contributed by atoms with Crippen LogP contribution in [0, 0.1) is 6.92 Å². The number of fused-ring (bicyclic) bond motifs is 1. The van der Waals surface area contributed by atoms with E-state index in [1.165, 1.54) is 35.9 Å². The number of nitrogens with one attached hydrogen (secondary N) is 2. The van der Waals surface area contributed by atoms with Crippen molar-refractivity contribution in [2.75, 3.05) is 12.3 Å². The molecular weight excluding hydrogens is 346 g/mol. The molecular formula is C19H23N5OS. The van der Waals surface area contributed by atoms with Gasteiger partial charge in [-0.3, -0.25) is 9.48 Å². The molecule has 0 radical (unpaired) electrons. The van der Waals surface area contributed by atoms with Gasteiger partial charge in [-0.15, -0.1) is 0 Å². The van der Waals surface area contributed by atoms with Gasteiger partial charge in [-0.25, -0.2) is 4.98 Å². The first-order valence-electron chi connectivity index (χ1n) is 9.06. The third kappa shape index (κ3) is 4.09. The fraction of sp³-hybridized carbons (Fsp3) is 0.421. The third-order valence-electron chi connectivity index (χ3n) is 4.57. The second-order valence-corrected chi connectivity index (χ2v) is 7.77. The molecule has 0 atom stereocenters. The van der Waals surface area contributed by atoms with Crippen molar-refractivity contribution in [2.24, 2.45) is 0 Å². The Morgan fingerprint density at radius 2 is 2.27 bits per heavy atom. The molecule has 26 heavy (non-hydrogen) atoms. The van der Waals surface area contributed by atoms with E-state index in [2.05, 4.69) is 44.1 Å². The molecule has 6 nitrogen and oxygen atoms in total.